The van der Waals surface area contributed by atoms with E-state index < -0.39 is 5.54 Å². The Hall–Kier alpha value is -0.280. The second-order valence-electron chi connectivity index (χ2n) is 2.92. The third kappa shape index (κ3) is 1.61. The zero-order chi connectivity index (χ0) is 7.07. The molecule has 60 valence electrons. The van der Waals surface area contributed by atoms with Crippen molar-refractivity contribution in [1.29, 1.82) is 0 Å². The van der Waals surface area contributed by atoms with E-state index in [0.717, 1.165) is 12.8 Å². The molecule has 1 saturated carbocycles. The monoisotopic (exact) mass is 164 g/mol. The van der Waals surface area contributed by atoms with E-state index in [4.69, 9.17) is 11.5 Å². The molecule has 1 unspecified atom stereocenters. The molecule has 0 saturated heterocycles. The summed E-state index contributed by atoms with van der Waals surface area (Å²) in [5.41, 5.74) is 9.89. The van der Waals surface area contributed by atoms with Crippen molar-refractivity contribution < 1.29 is 4.79 Å². The van der Waals surface area contributed by atoms with Gasteiger partial charge >= 0.3 is 0 Å². The van der Waals surface area contributed by atoms with Gasteiger partial charge in [0, 0.05) is 0 Å². The fourth-order valence-corrected chi connectivity index (χ4v) is 0.884. The van der Waals surface area contributed by atoms with Gasteiger partial charge < -0.3 is 11.5 Å². The van der Waals surface area contributed by atoms with Crippen LogP contribution in [0.3, 0.4) is 0 Å². The predicted molar refractivity (Wildman–Crippen MR) is 41.8 cm³/mol. The molecule has 1 atom stereocenters. The van der Waals surface area contributed by atoms with Crippen molar-refractivity contribution >= 4 is 18.3 Å². The Morgan fingerprint density at radius 2 is 2.00 bits per heavy atom. The van der Waals surface area contributed by atoms with Crippen LogP contribution in [0.1, 0.15) is 19.8 Å². The van der Waals surface area contributed by atoms with Gasteiger partial charge in [-0.25, -0.2) is 0 Å². The number of carbonyl (C=O) groups is 1. The number of carbonyl (C=O) groups excluding carboxylic acids is 1. The van der Waals surface area contributed by atoms with Crippen molar-refractivity contribution in [3.05, 3.63) is 0 Å². The quantitative estimate of drug-likeness (QED) is 0.604. The van der Waals surface area contributed by atoms with Gasteiger partial charge in [0.2, 0.25) is 5.91 Å². The average Bonchev–Trinajstić information content (AvgIpc) is 2.42. The molecule has 0 spiro atoms. The number of primary amides is 1. The minimum absolute atomic E-state index is 0. The highest BCUT2D eigenvalue weighted by atomic mass is 35.5. The predicted octanol–water partition coefficient (Wildman–Crippen LogP) is 0.0209. The van der Waals surface area contributed by atoms with E-state index >= 15 is 0 Å². The number of nitrogens with two attached hydrogens (primary N) is 2. The van der Waals surface area contributed by atoms with Crippen molar-refractivity contribution in [2.24, 2.45) is 17.4 Å². The van der Waals surface area contributed by atoms with Crippen molar-refractivity contribution in [1.82, 2.24) is 0 Å². The first-order chi connectivity index (χ1) is 4.05. The van der Waals surface area contributed by atoms with Crippen LogP contribution in [0.2, 0.25) is 0 Å². The van der Waals surface area contributed by atoms with Gasteiger partial charge in [0.25, 0.3) is 0 Å². The molecule has 0 radical (unpaired) electrons. The molecular weight excluding hydrogens is 152 g/mol. The molecule has 3 nitrogen and oxygen atoms in total. The molecule has 0 aromatic carbocycles. The molecule has 10 heavy (non-hydrogen) atoms. The lowest BCUT2D eigenvalue weighted by Crippen LogP contribution is -2.51. The van der Waals surface area contributed by atoms with Crippen LogP contribution in [0.15, 0.2) is 0 Å². The lowest BCUT2D eigenvalue weighted by molar-refractivity contribution is -0.123. The van der Waals surface area contributed by atoms with Crippen LogP contribution in [-0.4, -0.2) is 11.4 Å². The third-order valence-corrected chi connectivity index (χ3v) is 1.96. The summed E-state index contributed by atoms with van der Waals surface area (Å²) in [4.78, 5) is 10.6. The highest BCUT2D eigenvalue weighted by Crippen LogP contribution is 2.37. The van der Waals surface area contributed by atoms with Crippen LogP contribution >= 0.6 is 12.4 Å². The SMILES string of the molecule is CC(N)(C(N)=O)C1CC1.Cl. The van der Waals surface area contributed by atoms with Gasteiger partial charge in [0.15, 0.2) is 0 Å². The number of hydrogen-bond donors (Lipinski definition) is 2. The summed E-state index contributed by atoms with van der Waals surface area (Å²) in [7, 11) is 0. The Morgan fingerprint density at radius 1 is 1.60 bits per heavy atom. The lowest BCUT2D eigenvalue weighted by atomic mass is 9.97. The molecule has 4 heteroatoms. The molecule has 0 aromatic rings. The van der Waals surface area contributed by atoms with Crippen molar-refractivity contribution in [3.63, 3.8) is 0 Å². The van der Waals surface area contributed by atoms with Crippen molar-refractivity contribution in [3.8, 4) is 0 Å². The molecule has 1 amide bonds. The fraction of sp³-hybridized carbons (Fsp3) is 0.833. The zero-order valence-corrected chi connectivity index (χ0v) is 6.78. The van der Waals surface area contributed by atoms with Crippen LogP contribution < -0.4 is 11.5 Å². The zero-order valence-electron chi connectivity index (χ0n) is 5.96. The van der Waals surface area contributed by atoms with E-state index in [-0.39, 0.29) is 18.3 Å². The largest absolute Gasteiger partial charge is 0.368 e. The molecule has 1 rings (SSSR count). The highest BCUT2D eigenvalue weighted by molar-refractivity contribution is 5.85. The van der Waals surface area contributed by atoms with E-state index in [1.165, 1.54) is 0 Å². The average molecular weight is 165 g/mol. The molecular formula is C6H13ClN2O. The van der Waals surface area contributed by atoms with Crippen LogP contribution in [0.4, 0.5) is 0 Å². The molecule has 1 fully saturated rings. The van der Waals surface area contributed by atoms with E-state index in [9.17, 15) is 4.79 Å². The molecule has 4 N–H and O–H groups in total. The first kappa shape index (κ1) is 9.72. The first-order valence-electron chi connectivity index (χ1n) is 3.14. The summed E-state index contributed by atoms with van der Waals surface area (Å²) in [5, 5.41) is 0. The molecule has 0 aromatic heterocycles. The third-order valence-electron chi connectivity index (χ3n) is 1.96. The van der Waals surface area contributed by atoms with Gasteiger partial charge in [-0.15, -0.1) is 12.4 Å². The minimum atomic E-state index is -0.750. The van der Waals surface area contributed by atoms with Gasteiger partial charge in [-0.3, -0.25) is 4.79 Å². The smallest absolute Gasteiger partial charge is 0.237 e. The van der Waals surface area contributed by atoms with Gasteiger partial charge in [-0.05, 0) is 25.7 Å². The summed E-state index contributed by atoms with van der Waals surface area (Å²) in [6, 6.07) is 0. The Balaban J connectivity index is 0.000000810. The van der Waals surface area contributed by atoms with Crippen molar-refractivity contribution in [2.75, 3.05) is 0 Å². The van der Waals surface area contributed by atoms with Gasteiger partial charge in [-0.1, -0.05) is 0 Å². The normalized spacial score (nSPS) is 22.6. The van der Waals surface area contributed by atoms with Crippen LogP contribution in [0.5, 0.6) is 0 Å². The summed E-state index contributed by atoms with van der Waals surface area (Å²) >= 11 is 0. The van der Waals surface area contributed by atoms with Crippen molar-refractivity contribution in [2.45, 2.75) is 25.3 Å². The Labute approximate surface area is 66.6 Å². The van der Waals surface area contributed by atoms with Crippen LogP contribution in [0.25, 0.3) is 0 Å². The Morgan fingerprint density at radius 3 is 2.10 bits per heavy atom. The number of halogens is 1. The molecule has 1 aliphatic carbocycles. The standard InChI is InChI=1S/C6H12N2O.ClH/c1-6(8,5(7)9)4-2-3-4;/h4H,2-3,8H2,1H3,(H2,7,9);1H. The van der Waals surface area contributed by atoms with E-state index in [0.29, 0.717) is 5.92 Å². The first-order valence-corrected chi connectivity index (χ1v) is 3.14. The number of rotatable bonds is 2. The maximum atomic E-state index is 10.6. The van der Waals surface area contributed by atoms with Gasteiger partial charge in [-0.2, -0.15) is 0 Å². The summed E-state index contributed by atoms with van der Waals surface area (Å²) in [5.74, 6) is -0.0417. The second kappa shape index (κ2) is 2.76. The van der Waals surface area contributed by atoms with E-state index in [1.807, 2.05) is 0 Å². The fourth-order valence-electron chi connectivity index (χ4n) is 0.884. The summed E-state index contributed by atoms with van der Waals surface area (Å²) in [6.45, 7) is 1.70. The van der Waals surface area contributed by atoms with Crippen LogP contribution in [0, 0.1) is 5.92 Å². The number of hydrogen-bond acceptors (Lipinski definition) is 2. The molecule has 1 aliphatic rings. The van der Waals surface area contributed by atoms with Gasteiger partial charge in [0.05, 0.1) is 5.54 Å². The number of amides is 1. The summed E-state index contributed by atoms with van der Waals surface area (Å²) < 4.78 is 0. The van der Waals surface area contributed by atoms with Crippen LogP contribution in [-0.2, 0) is 4.79 Å². The molecule has 0 aliphatic heterocycles. The summed E-state index contributed by atoms with van der Waals surface area (Å²) in [6.07, 6.45) is 2.10. The Kier molecular flexibility index (Phi) is 2.68. The minimum Gasteiger partial charge on any atom is -0.368 e. The van der Waals surface area contributed by atoms with E-state index in [2.05, 4.69) is 0 Å². The van der Waals surface area contributed by atoms with Gasteiger partial charge in [0.1, 0.15) is 0 Å². The Bertz CT molecular complexity index is 143. The maximum Gasteiger partial charge on any atom is 0.237 e. The maximum absolute atomic E-state index is 10.6. The highest BCUT2D eigenvalue weighted by Gasteiger charge is 2.42. The topological polar surface area (TPSA) is 69.1 Å². The molecule has 0 bridgehead atoms. The van der Waals surface area contributed by atoms with E-state index in [1.54, 1.807) is 6.92 Å². The lowest BCUT2D eigenvalue weighted by Gasteiger charge is -2.18. The molecule has 0 heterocycles. The second-order valence-corrected chi connectivity index (χ2v) is 2.92.